The molecule has 0 unspecified atom stereocenters. The highest BCUT2D eigenvalue weighted by atomic mass is 19.1. The summed E-state index contributed by atoms with van der Waals surface area (Å²) in [6.07, 6.45) is 1.57. The monoisotopic (exact) mass is 241 g/mol. The Bertz CT molecular complexity index is 579. The first-order valence-electron chi connectivity index (χ1n) is 6.21. The summed E-state index contributed by atoms with van der Waals surface area (Å²) in [5.74, 6) is -0.173. The van der Waals surface area contributed by atoms with Crippen LogP contribution in [-0.4, -0.2) is 0 Å². The lowest BCUT2D eigenvalue weighted by atomic mass is 9.87. The Morgan fingerprint density at radius 1 is 1.06 bits per heavy atom. The Morgan fingerprint density at radius 3 is 2.22 bits per heavy atom. The Balaban J connectivity index is 2.01. The lowest BCUT2D eigenvalue weighted by Crippen LogP contribution is -2.37. The summed E-state index contributed by atoms with van der Waals surface area (Å²) in [5.41, 5.74) is 10.1. The molecule has 0 spiro atoms. The van der Waals surface area contributed by atoms with E-state index in [1.165, 1.54) is 11.1 Å². The molecule has 0 saturated heterocycles. The Labute approximate surface area is 106 Å². The van der Waals surface area contributed by atoms with Crippen molar-refractivity contribution >= 4 is 0 Å². The van der Waals surface area contributed by atoms with Gasteiger partial charge in [0.05, 0.1) is 0 Å². The van der Waals surface area contributed by atoms with E-state index in [0.29, 0.717) is 5.56 Å². The number of aryl methyl sites for hydroxylation is 1. The minimum atomic E-state index is -0.460. The van der Waals surface area contributed by atoms with Crippen LogP contribution in [-0.2, 0) is 18.4 Å². The SMILES string of the molecule is Cc1ccc(C2(N)Cc3ccccc3C2)cc1F. The van der Waals surface area contributed by atoms with Crippen molar-refractivity contribution in [3.63, 3.8) is 0 Å². The Hall–Kier alpha value is -1.67. The molecule has 0 aliphatic heterocycles. The van der Waals surface area contributed by atoms with Crippen molar-refractivity contribution in [1.29, 1.82) is 0 Å². The second-order valence-corrected chi connectivity index (χ2v) is 5.24. The van der Waals surface area contributed by atoms with Crippen molar-refractivity contribution in [3.05, 3.63) is 70.5 Å². The topological polar surface area (TPSA) is 26.0 Å². The molecule has 0 atom stereocenters. The van der Waals surface area contributed by atoms with Crippen molar-refractivity contribution in [2.75, 3.05) is 0 Å². The van der Waals surface area contributed by atoms with Gasteiger partial charge < -0.3 is 5.73 Å². The summed E-state index contributed by atoms with van der Waals surface area (Å²) < 4.78 is 13.7. The van der Waals surface area contributed by atoms with Gasteiger partial charge in [-0.2, -0.15) is 0 Å². The summed E-state index contributed by atoms with van der Waals surface area (Å²) in [5, 5.41) is 0. The van der Waals surface area contributed by atoms with Crippen LogP contribution < -0.4 is 5.73 Å². The van der Waals surface area contributed by atoms with E-state index in [4.69, 9.17) is 5.73 Å². The van der Waals surface area contributed by atoms with Crippen LogP contribution in [0.3, 0.4) is 0 Å². The Kier molecular flexibility index (Phi) is 2.49. The summed E-state index contributed by atoms with van der Waals surface area (Å²) in [7, 11) is 0. The number of rotatable bonds is 1. The predicted molar refractivity (Wildman–Crippen MR) is 70.9 cm³/mol. The van der Waals surface area contributed by atoms with E-state index in [1.54, 1.807) is 13.0 Å². The Morgan fingerprint density at radius 2 is 1.67 bits per heavy atom. The van der Waals surface area contributed by atoms with E-state index in [-0.39, 0.29) is 5.82 Å². The van der Waals surface area contributed by atoms with Crippen LogP contribution >= 0.6 is 0 Å². The zero-order valence-corrected chi connectivity index (χ0v) is 10.4. The van der Waals surface area contributed by atoms with Gasteiger partial charge in [0.2, 0.25) is 0 Å². The first-order chi connectivity index (χ1) is 8.58. The summed E-state index contributed by atoms with van der Waals surface area (Å²) >= 11 is 0. The van der Waals surface area contributed by atoms with Crippen LogP contribution in [0, 0.1) is 12.7 Å². The van der Waals surface area contributed by atoms with Gasteiger partial charge in [-0.05, 0) is 48.1 Å². The summed E-state index contributed by atoms with van der Waals surface area (Å²) in [4.78, 5) is 0. The molecule has 1 aliphatic rings. The van der Waals surface area contributed by atoms with Crippen LogP contribution in [0.1, 0.15) is 22.3 Å². The normalized spacial score (nSPS) is 16.6. The molecule has 0 fully saturated rings. The number of hydrogen-bond donors (Lipinski definition) is 1. The van der Waals surface area contributed by atoms with E-state index < -0.39 is 5.54 Å². The van der Waals surface area contributed by atoms with Crippen molar-refractivity contribution in [2.24, 2.45) is 5.73 Å². The van der Waals surface area contributed by atoms with E-state index in [9.17, 15) is 4.39 Å². The van der Waals surface area contributed by atoms with Gasteiger partial charge in [-0.1, -0.05) is 36.4 Å². The summed E-state index contributed by atoms with van der Waals surface area (Å²) in [6, 6.07) is 13.6. The number of fused-ring (bicyclic) bond motifs is 1. The predicted octanol–water partition coefficient (Wildman–Crippen LogP) is 3.09. The molecule has 0 bridgehead atoms. The number of nitrogens with two attached hydrogens (primary N) is 1. The van der Waals surface area contributed by atoms with E-state index in [0.717, 1.165) is 18.4 Å². The molecule has 2 N–H and O–H groups in total. The van der Waals surface area contributed by atoms with Gasteiger partial charge >= 0.3 is 0 Å². The van der Waals surface area contributed by atoms with Crippen molar-refractivity contribution in [2.45, 2.75) is 25.3 Å². The molecule has 2 aromatic rings. The number of hydrogen-bond acceptors (Lipinski definition) is 1. The zero-order chi connectivity index (χ0) is 12.8. The minimum absolute atomic E-state index is 0.173. The highest BCUT2D eigenvalue weighted by Crippen LogP contribution is 2.36. The molecule has 2 heteroatoms. The number of benzene rings is 2. The van der Waals surface area contributed by atoms with Crippen LogP contribution in [0.4, 0.5) is 4.39 Å². The van der Waals surface area contributed by atoms with Gasteiger partial charge in [0.15, 0.2) is 0 Å². The van der Waals surface area contributed by atoms with Gasteiger partial charge in [0.1, 0.15) is 5.82 Å². The fourth-order valence-electron chi connectivity index (χ4n) is 2.75. The second kappa shape index (κ2) is 3.92. The molecule has 0 saturated carbocycles. The lowest BCUT2D eigenvalue weighted by molar-refractivity contribution is 0.468. The maximum absolute atomic E-state index is 13.7. The largest absolute Gasteiger partial charge is 0.321 e. The van der Waals surface area contributed by atoms with Gasteiger partial charge in [0, 0.05) is 5.54 Å². The minimum Gasteiger partial charge on any atom is -0.321 e. The fourth-order valence-corrected chi connectivity index (χ4v) is 2.75. The smallest absolute Gasteiger partial charge is 0.126 e. The van der Waals surface area contributed by atoms with Crippen molar-refractivity contribution < 1.29 is 4.39 Å². The average molecular weight is 241 g/mol. The van der Waals surface area contributed by atoms with Crippen LogP contribution in [0.2, 0.25) is 0 Å². The third-order valence-electron chi connectivity index (χ3n) is 3.88. The maximum atomic E-state index is 13.7. The standard InChI is InChI=1S/C16H16FN/c1-11-6-7-14(8-15(11)17)16(18)9-12-4-2-3-5-13(12)10-16/h2-8H,9-10,18H2,1H3. The second-order valence-electron chi connectivity index (χ2n) is 5.24. The molecule has 0 radical (unpaired) electrons. The van der Waals surface area contributed by atoms with E-state index >= 15 is 0 Å². The zero-order valence-electron chi connectivity index (χ0n) is 10.4. The van der Waals surface area contributed by atoms with Gasteiger partial charge in [0.25, 0.3) is 0 Å². The van der Waals surface area contributed by atoms with Gasteiger partial charge in [-0.3, -0.25) is 0 Å². The molecular weight excluding hydrogens is 225 g/mol. The van der Waals surface area contributed by atoms with Crippen molar-refractivity contribution in [3.8, 4) is 0 Å². The highest BCUT2D eigenvalue weighted by Gasteiger charge is 2.35. The maximum Gasteiger partial charge on any atom is 0.126 e. The molecule has 0 aromatic heterocycles. The van der Waals surface area contributed by atoms with E-state index in [2.05, 4.69) is 12.1 Å². The molecule has 18 heavy (non-hydrogen) atoms. The lowest BCUT2D eigenvalue weighted by Gasteiger charge is -2.24. The molecule has 1 nitrogen and oxygen atoms in total. The molecule has 1 aliphatic carbocycles. The average Bonchev–Trinajstić information content (AvgIpc) is 2.70. The van der Waals surface area contributed by atoms with Crippen LogP contribution in [0.15, 0.2) is 42.5 Å². The molecule has 2 aromatic carbocycles. The van der Waals surface area contributed by atoms with E-state index in [1.807, 2.05) is 24.3 Å². The number of halogens is 1. The molecule has 0 amide bonds. The first kappa shape index (κ1) is 11.4. The highest BCUT2D eigenvalue weighted by molar-refractivity contribution is 5.41. The third kappa shape index (κ3) is 1.73. The third-order valence-corrected chi connectivity index (χ3v) is 3.88. The molecule has 92 valence electrons. The molecule has 0 heterocycles. The van der Waals surface area contributed by atoms with Gasteiger partial charge in [-0.25, -0.2) is 4.39 Å². The first-order valence-corrected chi connectivity index (χ1v) is 6.21. The van der Waals surface area contributed by atoms with Crippen LogP contribution in [0.5, 0.6) is 0 Å². The summed E-state index contributed by atoms with van der Waals surface area (Å²) in [6.45, 7) is 1.77. The fraction of sp³-hybridized carbons (Fsp3) is 0.250. The van der Waals surface area contributed by atoms with Crippen LogP contribution in [0.25, 0.3) is 0 Å². The molecule has 3 rings (SSSR count). The van der Waals surface area contributed by atoms with Gasteiger partial charge in [-0.15, -0.1) is 0 Å². The quantitative estimate of drug-likeness (QED) is 0.815. The molecular formula is C16H16FN. The van der Waals surface area contributed by atoms with Crippen molar-refractivity contribution in [1.82, 2.24) is 0 Å².